The first kappa shape index (κ1) is 23.7. The van der Waals surface area contributed by atoms with Crippen LogP contribution < -0.4 is 15.5 Å². The van der Waals surface area contributed by atoms with Crippen molar-refractivity contribution in [2.24, 2.45) is 12.0 Å². The standard InChI is InChI=1S/C19H29ClN8.HI/c1-4-5-9-22-19(23-12-17-26-25-14(2)27(17)3)24-15-8-11-28(13-15)18-16(20)7-6-10-21-18;/h6-7,10,15H,4-5,8-9,11-13H2,1-3H3,(H2,22,23,24);1H. The van der Waals surface area contributed by atoms with E-state index in [0.717, 1.165) is 62.3 Å². The van der Waals surface area contributed by atoms with Crippen molar-refractivity contribution in [3.8, 4) is 0 Å². The molecule has 2 aromatic heterocycles. The second-order valence-electron chi connectivity index (χ2n) is 7.05. The summed E-state index contributed by atoms with van der Waals surface area (Å²) in [6.07, 6.45) is 5.02. The molecule has 8 nitrogen and oxygen atoms in total. The molecule has 0 bridgehead atoms. The molecule has 0 aliphatic carbocycles. The molecule has 1 unspecified atom stereocenters. The van der Waals surface area contributed by atoms with Gasteiger partial charge in [-0.25, -0.2) is 9.98 Å². The van der Waals surface area contributed by atoms with E-state index in [1.165, 1.54) is 0 Å². The summed E-state index contributed by atoms with van der Waals surface area (Å²) in [6.45, 7) is 7.26. The summed E-state index contributed by atoms with van der Waals surface area (Å²) in [5.74, 6) is 3.40. The molecule has 1 aliphatic heterocycles. The van der Waals surface area contributed by atoms with Gasteiger partial charge in [-0.15, -0.1) is 34.2 Å². The number of pyridine rings is 1. The van der Waals surface area contributed by atoms with Crippen LogP contribution in [0.2, 0.25) is 5.02 Å². The van der Waals surface area contributed by atoms with Crippen LogP contribution >= 0.6 is 35.6 Å². The van der Waals surface area contributed by atoms with Crippen LogP contribution in [0.4, 0.5) is 5.82 Å². The summed E-state index contributed by atoms with van der Waals surface area (Å²) in [6, 6.07) is 4.02. The van der Waals surface area contributed by atoms with E-state index in [-0.39, 0.29) is 30.0 Å². The maximum absolute atomic E-state index is 6.30. The Morgan fingerprint density at radius 3 is 2.90 bits per heavy atom. The Morgan fingerprint density at radius 1 is 1.38 bits per heavy atom. The lowest BCUT2D eigenvalue weighted by molar-refractivity contribution is 0.636. The van der Waals surface area contributed by atoms with Gasteiger partial charge < -0.3 is 20.1 Å². The van der Waals surface area contributed by atoms with Crippen LogP contribution in [0.15, 0.2) is 23.3 Å². The fourth-order valence-corrected chi connectivity index (χ4v) is 3.39. The minimum atomic E-state index is 0. The number of unbranched alkanes of at least 4 members (excludes halogenated alkanes) is 1. The maximum Gasteiger partial charge on any atom is 0.191 e. The molecule has 0 spiro atoms. The Balaban J connectivity index is 0.00000300. The first-order valence-corrected chi connectivity index (χ1v) is 10.2. The van der Waals surface area contributed by atoms with E-state index >= 15 is 0 Å². The van der Waals surface area contributed by atoms with Gasteiger partial charge in [0, 0.05) is 38.9 Å². The zero-order chi connectivity index (χ0) is 19.9. The normalized spacial score (nSPS) is 16.6. The Kier molecular flexibility index (Phi) is 9.41. The lowest BCUT2D eigenvalue weighted by atomic mass is 10.3. The van der Waals surface area contributed by atoms with Crippen molar-refractivity contribution in [2.45, 2.75) is 45.7 Å². The maximum atomic E-state index is 6.30. The van der Waals surface area contributed by atoms with Gasteiger partial charge in [-0.05, 0) is 31.9 Å². The molecule has 10 heteroatoms. The molecule has 0 amide bonds. The molecule has 2 aromatic rings. The molecule has 3 rings (SSSR count). The van der Waals surface area contributed by atoms with Gasteiger partial charge in [0.2, 0.25) is 0 Å². The Morgan fingerprint density at radius 2 is 2.21 bits per heavy atom. The van der Waals surface area contributed by atoms with Gasteiger partial charge in [-0.2, -0.15) is 0 Å². The first-order chi connectivity index (χ1) is 13.6. The van der Waals surface area contributed by atoms with Crippen LogP contribution in [0.25, 0.3) is 0 Å². The molecule has 29 heavy (non-hydrogen) atoms. The summed E-state index contributed by atoms with van der Waals surface area (Å²) in [5.41, 5.74) is 0. The van der Waals surface area contributed by atoms with Gasteiger partial charge in [0.05, 0.1) is 5.02 Å². The number of nitrogens with one attached hydrogen (secondary N) is 2. The van der Waals surface area contributed by atoms with Crippen molar-refractivity contribution < 1.29 is 0 Å². The summed E-state index contributed by atoms with van der Waals surface area (Å²) in [4.78, 5) is 11.4. The van der Waals surface area contributed by atoms with Crippen LogP contribution in [-0.2, 0) is 13.6 Å². The molecular formula is C19H30ClIN8. The lowest BCUT2D eigenvalue weighted by Crippen LogP contribution is -2.45. The zero-order valence-electron chi connectivity index (χ0n) is 17.2. The van der Waals surface area contributed by atoms with E-state index in [0.29, 0.717) is 11.6 Å². The van der Waals surface area contributed by atoms with Gasteiger partial charge in [-0.1, -0.05) is 24.9 Å². The number of nitrogens with zero attached hydrogens (tertiary/aromatic N) is 6. The fourth-order valence-electron chi connectivity index (χ4n) is 3.15. The average molecular weight is 533 g/mol. The molecule has 1 saturated heterocycles. The number of aliphatic imine (C=N–C) groups is 1. The summed E-state index contributed by atoms with van der Waals surface area (Å²) < 4.78 is 1.97. The number of hydrogen-bond acceptors (Lipinski definition) is 5. The zero-order valence-corrected chi connectivity index (χ0v) is 20.3. The van der Waals surface area contributed by atoms with Crippen LogP contribution in [0.5, 0.6) is 0 Å². The van der Waals surface area contributed by atoms with Gasteiger partial charge >= 0.3 is 0 Å². The molecule has 0 saturated carbocycles. The largest absolute Gasteiger partial charge is 0.356 e. The van der Waals surface area contributed by atoms with E-state index in [9.17, 15) is 0 Å². The molecule has 2 N–H and O–H groups in total. The van der Waals surface area contributed by atoms with Crippen molar-refractivity contribution in [1.29, 1.82) is 0 Å². The molecule has 1 fully saturated rings. The molecule has 3 heterocycles. The third kappa shape index (κ3) is 6.43. The molecule has 0 radical (unpaired) electrons. The number of anilines is 1. The monoisotopic (exact) mass is 532 g/mol. The van der Waals surface area contributed by atoms with Crippen LogP contribution in [0.3, 0.4) is 0 Å². The highest BCUT2D eigenvalue weighted by Crippen LogP contribution is 2.25. The fraction of sp³-hybridized carbons (Fsp3) is 0.579. The number of rotatable bonds is 7. The van der Waals surface area contributed by atoms with Crippen molar-refractivity contribution in [3.63, 3.8) is 0 Å². The second kappa shape index (κ2) is 11.5. The van der Waals surface area contributed by atoms with E-state index in [1.807, 2.05) is 30.7 Å². The number of aryl methyl sites for hydroxylation is 1. The smallest absolute Gasteiger partial charge is 0.191 e. The van der Waals surface area contributed by atoms with Crippen LogP contribution in [0, 0.1) is 6.92 Å². The first-order valence-electron chi connectivity index (χ1n) is 9.83. The minimum Gasteiger partial charge on any atom is -0.356 e. The highest BCUT2D eigenvalue weighted by molar-refractivity contribution is 14.0. The van der Waals surface area contributed by atoms with Crippen molar-refractivity contribution in [2.75, 3.05) is 24.5 Å². The third-order valence-electron chi connectivity index (χ3n) is 4.95. The number of aromatic nitrogens is 4. The Labute approximate surface area is 194 Å². The third-order valence-corrected chi connectivity index (χ3v) is 5.25. The Bertz CT molecular complexity index is 809. The second-order valence-corrected chi connectivity index (χ2v) is 7.46. The number of guanidine groups is 1. The van der Waals surface area contributed by atoms with Crippen molar-refractivity contribution >= 4 is 47.4 Å². The number of halogens is 2. The molecule has 160 valence electrons. The van der Waals surface area contributed by atoms with Crippen LogP contribution in [0.1, 0.15) is 37.8 Å². The van der Waals surface area contributed by atoms with Gasteiger partial charge in [0.15, 0.2) is 11.8 Å². The lowest BCUT2D eigenvalue weighted by Gasteiger charge is -2.20. The predicted molar refractivity (Wildman–Crippen MR) is 128 cm³/mol. The van der Waals surface area contributed by atoms with Crippen molar-refractivity contribution in [1.82, 2.24) is 30.4 Å². The van der Waals surface area contributed by atoms with E-state index in [2.05, 4.69) is 37.6 Å². The average Bonchev–Trinajstić information content (AvgIpc) is 3.28. The SMILES string of the molecule is CCCCNC(=NCc1nnc(C)n1C)NC1CCN(c2ncccc2Cl)C1.I. The van der Waals surface area contributed by atoms with Gasteiger partial charge in [0.1, 0.15) is 18.2 Å². The minimum absolute atomic E-state index is 0. The predicted octanol–water partition coefficient (Wildman–Crippen LogP) is 2.90. The summed E-state index contributed by atoms with van der Waals surface area (Å²) >= 11 is 6.30. The van der Waals surface area contributed by atoms with E-state index < -0.39 is 0 Å². The van der Waals surface area contributed by atoms with E-state index in [4.69, 9.17) is 16.6 Å². The van der Waals surface area contributed by atoms with Crippen molar-refractivity contribution in [3.05, 3.63) is 35.0 Å². The summed E-state index contributed by atoms with van der Waals surface area (Å²) in [5, 5.41) is 16.0. The van der Waals surface area contributed by atoms with Crippen LogP contribution in [-0.4, -0.2) is 51.4 Å². The topological polar surface area (TPSA) is 83.3 Å². The van der Waals surface area contributed by atoms with Gasteiger partial charge in [-0.3, -0.25) is 0 Å². The summed E-state index contributed by atoms with van der Waals surface area (Å²) in [7, 11) is 1.96. The molecule has 1 atom stereocenters. The highest BCUT2D eigenvalue weighted by atomic mass is 127. The van der Waals surface area contributed by atoms with E-state index in [1.54, 1.807) is 6.20 Å². The van der Waals surface area contributed by atoms with Gasteiger partial charge in [0.25, 0.3) is 0 Å². The quantitative estimate of drug-likeness (QED) is 0.247. The molecule has 1 aliphatic rings. The number of hydrogen-bond donors (Lipinski definition) is 2. The molecule has 0 aromatic carbocycles. The molecular weight excluding hydrogens is 503 g/mol. The highest BCUT2D eigenvalue weighted by Gasteiger charge is 2.25. The Hall–Kier alpha value is -1.62.